The van der Waals surface area contributed by atoms with E-state index in [1.54, 1.807) is 0 Å². The van der Waals surface area contributed by atoms with Gasteiger partial charge in [0, 0.05) is 11.1 Å². The topological polar surface area (TPSA) is 63.4 Å². The highest BCUT2D eigenvalue weighted by molar-refractivity contribution is 6.30. The third-order valence-electron chi connectivity index (χ3n) is 4.81. The summed E-state index contributed by atoms with van der Waals surface area (Å²) in [6, 6.07) is 3.30. The molecule has 4 nitrogen and oxygen atoms in total. The monoisotopic (exact) mass is 324 g/mol. The number of fused-ring (bicyclic) bond motifs is 1. The van der Waals surface area contributed by atoms with E-state index in [-0.39, 0.29) is 22.5 Å². The van der Waals surface area contributed by atoms with Crippen molar-refractivity contribution in [1.82, 2.24) is 4.90 Å². The molecule has 1 aromatic carbocycles. The molecule has 3 rings (SSSR count). The van der Waals surface area contributed by atoms with E-state index >= 15 is 0 Å². The van der Waals surface area contributed by atoms with Crippen LogP contribution in [0.2, 0.25) is 5.02 Å². The summed E-state index contributed by atoms with van der Waals surface area (Å²) in [6.07, 6.45) is 4.53. The molecule has 0 radical (unpaired) electrons. The highest BCUT2D eigenvalue weighted by atomic mass is 35.5. The second-order valence-electron chi connectivity index (χ2n) is 6.10. The zero-order valence-corrected chi connectivity index (χ0v) is 12.9. The van der Waals surface area contributed by atoms with Gasteiger partial charge in [-0.25, -0.2) is 4.39 Å². The summed E-state index contributed by atoms with van der Waals surface area (Å²) in [4.78, 5) is 26.0. The lowest BCUT2D eigenvalue weighted by Crippen LogP contribution is -2.48. The Balaban J connectivity index is 1.95. The first-order chi connectivity index (χ1) is 10.5. The number of carbonyl (C=O) groups is 2. The van der Waals surface area contributed by atoms with Gasteiger partial charge in [-0.1, -0.05) is 24.4 Å². The average Bonchev–Trinajstić information content (AvgIpc) is 2.86. The SMILES string of the molecule is NC(=O)[C@@H]1C[C@H]2CCCC[C@@H]2N1C(=O)c1ccc(Cl)cc1F. The van der Waals surface area contributed by atoms with Crippen LogP contribution < -0.4 is 5.73 Å². The molecule has 1 aromatic rings. The van der Waals surface area contributed by atoms with Gasteiger partial charge in [0.15, 0.2) is 0 Å². The number of benzene rings is 1. The fourth-order valence-corrected chi connectivity index (χ4v) is 3.97. The minimum absolute atomic E-state index is 0.0196. The van der Waals surface area contributed by atoms with Gasteiger partial charge in [-0.05, 0) is 43.4 Å². The molecule has 1 aliphatic carbocycles. The van der Waals surface area contributed by atoms with Gasteiger partial charge in [-0.2, -0.15) is 0 Å². The number of rotatable bonds is 2. The van der Waals surface area contributed by atoms with Crippen molar-refractivity contribution in [3.63, 3.8) is 0 Å². The largest absolute Gasteiger partial charge is 0.368 e. The highest BCUT2D eigenvalue weighted by Crippen LogP contribution is 2.40. The van der Waals surface area contributed by atoms with E-state index in [1.807, 2.05) is 0 Å². The van der Waals surface area contributed by atoms with Crippen molar-refractivity contribution in [3.05, 3.63) is 34.6 Å². The Morgan fingerprint density at radius 3 is 2.68 bits per heavy atom. The Morgan fingerprint density at radius 2 is 2.00 bits per heavy atom. The van der Waals surface area contributed by atoms with Crippen LogP contribution in [-0.4, -0.2) is 28.8 Å². The van der Waals surface area contributed by atoms with Crippen molar-refractivity contribution in [2.24, 2.45) is 11.7 Å². The molecule has 0 unspecified atom stereocenters. The molecule has 22 heavy (non-hydrogen) atoms. The second kappa shape index (κ2) is 5.88. The average molecular weight is 325 g/mol. The van der Waals surface area contributed by atoms with Gasteiger partial charge in [-0.15, -0.1) is 0 Å². The lowest BCUT2D eigenvalue weighted by molar-refractivity contribution is -0.122. The summed E-state index contributed by atoms with van der Waals surface area (Å²) in [6.45, 7) is 0. The molecule has 118 valence electrons. The maximum atomic E-state index is 14.1. The Bertz CT molecular complexity index is 622. The van der Waals surface area contributed by atoms with Crippen LogP contribution in [0.15, 0.2) is 18.2 Å². The van der Waals surface area contributed by atoms with Gasteiger partial charge < -0.3 is 10.6 Å². The fourth-order valence-electron chi connectivity index (χ4n) is 3.81. The number of hydrogen-bond acceptors (Lipinski definition) is 2. The van der Waals surface area contributed by atoms with E-state index < -0.39 is 23.7 Å². The fraction of sp³-hybridized carbons (Fsp3) is 0.500. The van der Waals surface area contributed by atoms with Crippen molar-refractivity contribution in [1.29, 1.82) is 0 Å². The number of likely N-dealkylation sites (tertiary alicyclic amines) is 1. The molecule has 2 N–H and O–H groups in total. The number of primary amides is 1. The molecular weight excluding hydrogens is 307 g/mol. The molecule has 1 aliphatic heterocycles. The first-order valence-corrected chi connectivity index (χ1v) is 7.94. The molecule has 1 saturated carbocycles. The van der Waals surface area contributed by atoms with Gasteiger partial charge in [0.25, 0.3) is 5.91 Å². The predicted octanol–water partition coefficient (Wildman–Crippen LogP) is 2.74. The first kappa shape index (κ1) is 15.3. The van der Waals surface area contributed by atoms with E-state index in [1.165, 1.54) is 17.0 Å². The van der Waals surface area contributed by atoms with Crippen molar-refractivity contribution in [2.45, 2.75) is 44.2 Å². The molecule has 2 aliphatic rings. The molecule has 1 saturated heterocycles. The summed E-state index contributed by atoms with van der Waals surface area (Å²) in [5.74, 6) is -1.37. The van der Waals surface area contributed by atoms with Crippen LogP contribution >= 0.6 is 11.6 Å². The van der Waals surface area contributed by atoms with E-state index in [9.17, 15) is 14.0 Å². The minimum Gasteiger partial charge on any atom is -0.368 e. The lowest BCUT2D eigenvalue weighted by Gasteiger charge is -2.33. The van der Waals surface area contributed by atoms with Crippen LogP contribution in [0.1, 0.15) is 42.5 Å². The van der Waals surface area contributed by atoms with Crippen molar-refractivity contribution in [2.75, 3.05) is 0 Å². The van der Waals surface area contributed by atoms with Crippen LogP contribution in [-0.2, 0) is 4.79 Å². The number of nitrogens with zero attached hydrogens (tertiary/aromatic N) is 1. The number of halogens is 2. The van der Waals surface area contributed by atoms with E-state index in [2.05, 4.69) is 0 Å². The lowest BCUT2D eigenvalue weighted by atomic mass is 9.84. The molecule has 0 bridgehead atoms. The molecule has 3 atom stereocenters. The maximum Gasteiger partial charge on any atom is 0.257 e. The summed E-state index contributed by atoms with van der Waals surface area (Å²) < 4.78 is 14.1. The second-order valence-corrected chi connectivity index (χ2v) is 6.54. The van der Waals surface area contributed by atoms with Crippen molar-refractivity contribution in [3.8, 4) is 0 Å². The van der Waals surface area contributed by atoms with E-state index in [4.69, 9.17) is 17.3 Å². The maximum absolute atomic E-state index is 14.1. The number of amides is 2. The zero-order chi connectivity index (χ0) is 15.9. The summed E-state index contributed by atoms with van der Waals surface area (Å²) in [5, 5.41) is 0.234. The van der Waals surface area contributed by atoms with Gasteiger partial charge in [0.1, 0.15) is 11.9 Å². The Kier molecular flexibility index (Phi) is 4.08. The number of nitrogens with two attached hydrogens (primary N) is 1. The summed E-state index contributed by atoms with van der Waals surface area (Å²) in [5.41, 5.74) is 5.42. The molecule has 2 amide bonds. The normalized spacial score (nSPS) is 27.5. The Labute approximate surface area is 133 Å². The summed E-state index contributed by atoms with van der Waals surface area (Å²) >= 11 is 5.73. The minimum atomic E-state index is -0.667. The van der Waals surface area contributed by atoms with Gasteiger partial charge in [0.2, 0.25) is 5.91 Å². The standard InChI is InChI=1S/C16H18ClFN2O2/c17-10-5-6-11(12(18)8-10)16(22)20-13-4-2-1-3-9(13)7-14(20)15(19)21/h5-6,8-9,13-14H,1-4,7H2,(H2,19,21)/t9-,13+,14+/m1/s1. The van der Waals surface area contributed by atoms with Crippen LogP contribution in [0.3, 0.4) is 0 Å². The van der Waals surface area contributed by atoms with Gasteiger partial charge in [0.05, 0.1) is 5.56 Å². The summed E-state index contributed by atoms with van der Waals surface area (Å²) in [7, 11) is 0. The van der Waals surface area contributed by atoms with Gasteiger partial charge in [-0.3, -0.25) is 9.59 Å². The zero-order valence-electron chi connectivity index (χ0n) is 12.1. The van der Waals surface area contributed by atoms with Crippen molar-refractivity contribution >= 4 is 23.4 Å². The van der Waals surface area contributed by atoms with Crippen molar-refractivity contribution < 1.29 is 14.0 Å². The third kappa shape index (κ3) is 2.58. The Hall–Kier alpha value is -1.62. The quantitative estimate of drug-likeness (QED) is 0.909. The van der Waals surface area contributed by atoms with E-state index in [0.717, 1.165) is 31.7 Å². The van der Waals surface area contributed by atoms with Crippen LogP contribution in [0.4, 0.5) is 4.39 Å². The van der Waals surface area contributed by atoms with Crippen LogP contribution in [0.25, 0.3) is 0 Å². The van der Waals surface area contributed by atoms with Crippen LogP contribution in [0, 0.1) is 11.7 Å². The molecule has 0 spiro atoms. The van der Waals surface area contributed by atoms with E-state index in [0.29, 0.717) is 6.42 Å². The molecule has 1 heterocycles. The van der Waals surface area contributed by atoms with Crippen LogP contribution in [0.5, 0.6) is 0 Å². The first-order valence-electron chi connectivity index (χ1n) is 7.56. The molecule has 6 heteroatoms. The molecule has 0 aromatic heterocycles. The van der Waals surface area contributed by atoms with Gasteiger partial charge >= 0.3 is 0 Å². The molecular formula is C16H18ClFN2O2. The highest BCUT2D eigenvalue weighted by Gasteiger charge is 2.47. The third-order valence-corrected chi connectivity index (χ3v) is 5.05. The molecule has 2 fully saturated rings. The Morgan fingerprint density at radius 1 is 1.27 bits per heavy atom. The number of carbonyl (C=O) groups excluding carboxylic acids is 2. The number of hydrogen-bond donors (Lipinski definition) is 1. The smallest absolute Gasteiger partial charge is 0.257 e. The predicted molar refractivity (Wildman–Crippen MR) is 80.9 cm³/mol.